The Bertz CT molecular complexity index is 590. The lowest BCUT2D eigenvalue weighted by Crippen LogP contribution is -2.25. The standard InChI is InChI=1S/C19H23NO2/c1-21-18-11-15(12-19(13-18)22-2)14-20-9-7-16-5-3-4-6-17(16)8-10-20/h3-6,11-13H,7-10,14H2,1-2H3. The zero-order chi connectivity index (χ0) is 15.4. The van der Waals surface area contributed by atoms with Gasteiger partial charge >= 0.3 is 0 Å². The predicted octanol–water partition coefficient (Wildman–Crippen LogP) is 3.30. The summed E-state index contributed by atoms with van der Waals surface area (Å²) in [6.45, 7) is 3.12. The molecule has 3 heteroatoms. The van der Waals surface area contributed by atoms with Crippen LogP contribution < -0.4 is 9.47 Å². The lowest BCUT2D eigenvalue weighted by atomic mass is 10.0. The molecule has 3 rings (SSSR count). The highest BCUT2D eigenvalue weighted by Gasteiger charge is 2.14. The molecule has 0 aliphatic carbocycles. The number of benzene rings is 2. The zero-order valence-electron chi connectivity index (χ0n) is 13.3. The molecular formula is C19H23NO2. The van der Waals surface area contributed by atoms with Gasteiger partial charge in [0.15, 0.2) is 0 Å². The molecule has 0 atom stereocenters. The molecule has 0 fully saturated rings. The Balaban J connectivity index is 1.72. The van der Waals surface area contributed by atoms with E-state index in [0.717, 1.165) is 44.0 Å². The Morgan fingerprint density at radius 3 is 1.91 bits per heavy atom. The molecule has 0 radical (unpaired) electrons. The number of methoxy groups -OCH3 is 2. The van der Waals surface area contributed by atoms with Crippen LogP contribution in [0.3, 0.4) is 0 Å². The van der Waals surface area contributed by atoms with Gasteiger partial charge in [-0.3, -0.25) is 4.90 Å². The molecule has 0 aromatic heterocycles. The van der Waals surface area contributed by atoms with Crippen LogP contribution in [0.2, 0.25) is 0 Å². The Hall–Kier alpha value is -2.00. The molecule has 2 aromatic rings. The fourth-order valence-electron chi connectivity index (χ4n) is 3.09. The second-order valence-electron chi connectivity index (χ2n) is 5.77. The number of ether oxygens (including phenoxy) is 2. The minimum atomic E-state index is 0.854. The summed E-state index contributed by atoms with van der Waals surface area (Å²) in [6, 6.07) is 14.9. The van der Waals surface area contributed by atoms with E-state index in [0.29, 0.717) is 0 Å². The van der Waals surface area contributed by atoms with E-state index >= 15 is 0 Å². The highest BCUT2D eigenvalue weighted by molar-refractivity contribution is 5.38. The first-order chi connectivity index (χ1) is 10.8. The van der Waals surface area contributed by atoms with Crippen LogP contribution in [0, 0.1) is 0 Å². The molecule has 0 unspecified atom stereocenters. The molecule has 22 heavy (non-hydrogen) atoms. The Morgan fingerprint density at radius 2 is 1.41 bits per heavy atom. The lowest BCUT2D eigenvalue weighted by Gasteiger charge is -2.20. The van der Waals surface area contributed by atoms with Crippen LogP contribution in [0.15, 0.2) is 42.5 Å². The van der Waals surface area contributed by atoms with E-state index in [4.69, 9.17) is 9.47 Å². The lowest BCUT2D eigenvalue weighted by molar-refractivity contribution is 0.278. The van der Waals surface area contributed by atoms with Crippen molar-refractivity contribution in [2.45, 2.75) is 19.4 Å². The first-order valence-corrected chi connectivity index (χ1v) is 7.79. The van der Waals surface area contributed by atoms with Crippen molar-refractivity contribution >= 4 is 0 Å². The molecule has 1 aliphatic rings. The summed E-state index contributed by atoms with van der Waals surface area (Å²) in [7, 11) is 3.39. The third kappa shape index (κ3) is 3.42. The van der Waals surface area contributed by atoms with Gasteiger partial charge in [-0.1, -0.05) is 24.3 Å². The van der Waals surface area contributed by atoms with Crippen molar-refractivity contribution in [1.82, 2.24) is 4.90 Å². The van der Waals surface area contributed by atoms with Crippen molar-refractivity contribution in [2.24, 2.45) is 0 Å². The first-order valence-electron chi connectivity index (χ1n) is 7.79. The van der Waals surface area contributed by atoms with E-state index in [1.165, 1.54) is 16.7 Å². The molecule has 1 heterocycles. The van der Waals surface area contributed by atoms with Crippen LogP contribution >= 0.6 is 0 Å². The Morgan fingerprint density at radius 1 is 0.864 bits per heavy atom. The summed E-state index contributed by atoms with van der Waals surface area (Å²) in [5, 5.41) is 0. The normalized spacial score (nSPS) is 15.0. The molecule has 2 aromatic carbocycles. The number of fused-ring (bicyclic) bond motifs is 1. The quantitative estimate of drug-likeness (QED) is 0.864. The largest absolute Gasteiger partial charge is 0.497 e. The fourth-order valence-corrected chi connectivity index (χ4v) is 3.09. The van der Waals surface area contributed by atoms with Gasteiger partial charge in [-0.15, -0.1) is 0 Å². The van der Waals surface area contributed by atoms with Gasteiger partial charge in [-0.05, 0) is 41.7 Å². The minimum absolute atomic E-state index is 0.854. The smallest absolute Gasteiger partial charge is 0.122 e. The van der Waals surface area contributed by atoms with Crippen molar-refractivity contribution in [3.05, 3.63) is 59.2 Å². The predicted molar refractivity (Wildman–Crippen MR) is 88.7 cm³/mol. The van der Waals surface area contributed by atoms with Crippen LogP contribution in [-0.4, -0.2) is 32.2 Å². The van der Waals surface area contributed by atoms with E-state index in [9.17, 15) is 0 Å². The minimum Gasteiger partial charge on any atom is -0.497 e. The van der Waals surface area contributed by atoms with Gasteiger partial charge in [0.2, 0.25) is 0 Å². The van der Waals surface area contributed by atoms with Gasteiger partial charge in [0.1, 0.15) is 11.5 Å². The second-order valence-corrected chi connectivity index (χ2v) is 5.77. The number of nitrogens with zero attached hydrogens (tertiary/aromatic N) is 1. The number of hydrogen-bond acceptors (Lipinski definition) is 3. The topological polar surface area (TPSA) is 21.7 Å². The van der Waals surface area contributed by atoms with Crippen LogP contribution in [-0.2, 0) is 19.4 Å². The van der Waals surface area contributed by atoms with E-state index < -0.39 is 0 Å². The van der Waals surface area contributed by atoms with Crippen molar-refractivity contribution in [3.8, 4) is 11.5 Å². The van der Waals surface area contributed by atoms with E-state index in [1.54, 1.807) is 14.2 Å². The van der Waals surface area contributed by atoms with E-state index in [-0.39, 0.29) is 0 Å². The maximum Gasteiger partial charge on any atom is 0.122 e. The zero-order valence-corrected chi connectivity index (χ0v) is 13.3. The van der Waals surface area contributed by atoms with Gasteiger partial charge in [-0.2, -0.15) is 0 Å². The number of rotatable bonds is 4. The summed E-state index contributed by atoms with van der Waals surface area (Å²) >= 11 is 0. The summed E-state index contributed by atoms with van der Waals surface area (Å²) < 4.78 is 10.7. The first kappa shape index (κ1) is 14.9. The average Bonchev–Trinajstić information content (AvgIpc) is 2.77. The highest BCUT2D eigenvalue weighted by atomic mass is 16.5. The van der Waals surface area contributed by atoms with Crippen LogP contribution in [0.25, 0.3) is 0 Å². The SMILES string of the molecule is COc1cc(CN2CCc3ccccc3CC2)cc(OC)c1. The van der Waals surface area contributed by atoms with Gasteiger partial charge in [0, 0.05) is 25.7 Å². The molecule has 0 saturated carbocycles. The van der Waals surface area contributed by atoms with Gasteiger partial charge in [-0.25, -0.2) is 0 Å². The molecule has 0 bridgehead atoms. The monoisotopic (exact) mass is 297 g/mol. The van der Waals surface area contributed by atoms with E-state index in [1.807, 2.05) is 6.07 Å². The molecule has 0 N–H and O–H groups in total. The molecule has 116 valence electrons. The molecule has 0 spiro atoms. The van der Waals surface area contributed by atoms with Gasteiger partial charge in [0.25, 0.3) is 0 Å². The summed E-state index contributed by atoms with van der Waals surface area (Å²) in [5.74, 6) is 1.71. The van der Waals surface area contributed by atoms with Crippen LogP contribution in [0.5, 0.6) is 11.5 Å². The van der Waals surface area contributed by atoms with Gasteiger partial charge < -0.3 is 9.47 Å². The summed E-state index contributed by atoms with van der Waals surface area (Å²) in [5.41, 5.74) is 4.23. The average molecular weight is 297 g/mol. The Kier molecular flexibility index (Phi) is 4.64. The number of hydrogen-bond donors (Lipinski definition) is 0. The summed E-state index contributed by atoms with van der Waals surface area (Å²) in [6.07, 6.45) is 2.24. The van der Waals surface area contributed by atoms with Crippen molar-refractivity contribution < 1.29 is 9.47 Å². The van der Waals surface area contributed by atoms with E-state index in [2.05, 4.69) is 41.3 Å². The van der Waals surface area contributed by atoms with Crippen LogP contribution in [0.1, 0.15) is 16.7 Å². The molecular weight excluding hydrogens is 274 g/mol. The molecule has 0 saturated heterocycles. The van der Waals surface area contributed by atoms with Gasteiger partial charge in [0.05, 0.1) is 14.2 Å². The third-order valence-corrected chi connectivity index (χ3v) is 4.33. The second kappa shape index (κ2) is 6.84. The van der Waals surface area contributed by atoms with Crippen molar-refractivity contribution in [1.29, 1.82) is 0 Å². The highest BCUT2D eigenvalue weighted by Crippen LogP contribution is 2.24. The molecule has 3 nitrogen and oxygen atoms in total. The fraction of sp³-hybridized carbons (Fsp3) is 0.368. The maximum atomic E-state index is 5.36. The van der Waals surface area contributed by atoms with Crippen molar-refractivity contribution in [3.63, 3.8) is 0 Å². The molecule has 0 amide bonds. The third-order valence-electron chi connectivity index (χ3n) is 4.33. The molecule has 1 aliphatic heterocycles. The Labute approximate surface area is 132 Å². The maximum absolute atomic E-state index is 5.36. The van der Waals surface area contributed by atoms with Crippen LogP contribution in [0.4, 0.5) is 0 Å². The summed E-state index contributed by atoms with van der Waals surface area (Å²) in [4.78, 5) is 2.51. The van der Waals surface area contributed by atoms with Crippen molar-refractivity contribution in [2.75, 3.05) is 27.3 Å².